The first-order chi connectivity index (χ1) is 14.7. The summed E-state index contributed by atoms with van der Waals surface area (Å²) in [6.45, 7) is 2.08. The molecule has 0 atom stereocenters. The molecule has 150 valence electrons. The Morgan fingerprint density at radius 3 is 2.60 bits per heavy atom. The number of amides is 1. The van der Waals surface area contributed by atoms with Crippen molar-refractivity contribution in [3.05, 3.63) is 84.1 Å². The zero-order valence-corrected chi connectivity index (χ0v) is 16.3. The monoisotopic (exact) mass is 402 g/mol. The van der Waals surface area contributed by atoms with Gasteiger partial charge in [0.05, 0.1) is 17.7 Å². The Bertz CT molecular complexity index is 1160. The molecule has 0 unspecified atom stereocenters. The van der Waals surface area contributed by atoms with E-state index < -0.39 is 11.7 Å². The standard InChI is InChI=1S/C23H19FN4O2/c1-2-15-7-9-16(10-8-15)22-21(19-11-12-25-14-26-19)23(30-28-22)27-20(29)13-17-5-3-4-6-18(17)24/h3-12,14H,2,13H2,1H3,(H,27,29). The first kappa shape index (κ1) is 19.4. The molecule has 1 N–H and O–H groups in total. The highest BCUT2D eigenvalue weighted by Crippen LogP contribution is 2.36. The van der Waals surface area contributed by atoms with Crippen LogP contribution in [-0.4, -0.2) is 21.0 Å². The molecule has 0 bridgehead atoms. The van der Waals surface area contributed by atoms with Gasteiger partial charge in [0, 0.05) is 11.8 Å². The lowest BCUT2D eigenvalue weighted by Gasteiger charge is -2.06. The van der Waals surface area contributed by atoms with Crippen LogP contribution >= 0.6 is 0 Å². The van der Waals surface area contributed by atoms with Crippen LogP contribution in [0.25, 0.3) is 22.5 Å². The van der Waals surface area contributed by atoms with Crippen molar-refractivity contribution in [1.29, 1.82) is 0 Å². The Morgan fingerprint density at radius 2 is 1.90 bits per heavy atom. The van der Waals surface area contributed by atoms with Crippen LogP contribution in [0, 0.1) is 5.82 Å². The third kappa shape index (κ3) is 4.10. The SMILES string of the molecule is CCc1ccc(-c2noc(NC(=O)Cc3ccccc3F)c2-c2ccncn2)cc1. The Morgan fingerprint density at radius 1 is 1.10 bits per heavy atom. The summed E-state index contributed by atoms with van der Waals surface area (Å²) in [5, 5.41) is 6.87. The van der Waals surface area contributed by atoms with Crippen LogP contribution in [0.5, 0.6) is 0 Å². The molecule has 7 heteroatoms. The molecule has 30 heavy (non-hydrogen) atoms. The molecule has 4 rings (SSSR count). The van der Waals surface area contributed by atoms with E-state index in [1.807, 2.05) is 24.3 Å². The average Bonchev–Trinajstić information content (AvgIpc) is 3.19. The minimum Gasteiger partial charge on any atom is -0.337 e. The first-order valence-electron chi connectivity index (χ1n) is 9.54. The molecule has 2 aromatic carbocycles. The van der Waals surface area contributed by atoms with Crippen LogP contribution < -0.4 is 5.32 Å². The lowest BCUT2D eigenvalue weighted by Crippen LogP contribution is -2.15. The number of rotatable bonds is 6. The second-order valence-electron chi connectivity index (χ2n) is 6.70. The van der Waals surface area contributed by atoms with Crippen molar-refractivity contribution >= 4 is 11.8 Å². The number of anilines is 1. The van der Waals surface area contributed by atoms with Crippen LogP contribution in [0.3, 0.4) is 0 Å². The molecule has 2 heterocycles. The van der Waals surface area contributed by atoms with Gasteiger partial charge in [0.1, 0.15) is 17.8 Å². The van der Waals surface area contributed by atoms with Crippen LogP contribution in [0.4, 0.5) is 10.3 Å². The van der Waals surface area contributed by atoms with Crippen molar-refractivity contribution in [2.45, 2.75) is 19.8 Å². The Balaban J connectivity index is 1.68. The molecule has 0 fully saturated rings. The van der Waals surface area contributed by atoms with E-state index >= 15 is 0 Å². The van der Waals surface area contributed by atoms with Crippen molar-refractivity contribution in [2.75, 3.05) is 5.32 Å². The van der Waals surface area contributed by atoms with Crippen molar-refractivity contribution in [3.63, 3.8) is 0 Å². The van der Waals surface area contributed by atoms with Crippen LogP contribution in [0.15, 0.2) is 71.6 Å². The van der Waals surface area contributed by atoms with Crippen LogP contribution in [0.1, 0.15) is 18.1 Å². The number of halogens is 1. The van der Waals surface area contributed by atoms with Crippen LogP contribution in [-0.2, 0) is 17.6 Å². The maximum absolute atomic E-state index is 13.9. The van der Waals surface area contributed by atoms with Gasteiger partial charge in [-0.05, 0) is 29.7 Å². The smallest absolute Gasteiger partial charge is 0.241 e. The van der Waals surface area contributed by atoms with E-state index in [0.717, 1.165) is 12.0 Å². The molecule has 0 spiro atoms. The summed E-state index contributed by atoms with van der Waals surface area (Å²) in [4.78, 5) is 20.8. The fraction of sp³-hybridized carbons (Fsp3) is 0.130. The molecule has 0 saturated carbocycles. The molecule has 2 aromatic heterocycles. The number of benzene rings is 2. The highest BCUT2D eigenvalue weighted by atomic mass is 19.1. The van der Waals surface area contributed by atoms with E-state index in [-0.39, 0.29) is 12.3 Å². The summed E-state index contributed by atoms with van der Waals surface area (Å²) in [5.41, 5.74) is 3.99. The summed E-state index contributed by atoms with van der Waals surface area (Å²) in [6.07, 6.45) is 3.81. The molecule has 6 nitrogen and oxygen atoms in total. The Hall–Kier alpha value is -3.87. The van der Waals surface area contributed by atoms with Crippen LogP contribution in [0.2, 0.25) is 0 Å². The Labute approximate surface area is 172 Å². The highest BCUT2D eigenvalue weighted by Gasteiger charge is 2.22. The maximum Gasteiger partial charge on any atom is 0.241 e. The van der Waals surface area contributed by atoms with E-state index in [0.29, 0.717) is 22.5 Å². The van der Waals surface area contributed by atoms with Crippen molar-refractivity contribution in [1.82, 2.24) is 15.1 Å². The summed E-state index contributed by atoms with van der Waals surface area (Å²) in [7, 11) is 0. The lowest BCUT2D eigenvalue weighted by molar-refractivity contribution is -0.115. The summed E-state index contributed by atoms with van der Waals surface area (Å²) >= 11 is 0. The first-order valence-corrected chi connectivity index (χ1v) is 9.54. The van der Waals surface area contributed by atoms with Gasteiger partial charge in [-0.25, -0.2) is 14.4 Å². The van der Waals surface area contributed by atoms with E-state index in [1.165, 1.54) is 18.0 Å². The minimum atomic E-state index is -0.432. The van der Waals surface area contributed by atoms with E-state index in [9.17, 15) is 9.18 Å². The zero-order valence-electron chi connectivity index (χ0n) is 16.3. The third-order valence-corrected chi connectivity index (χ3v) is 4.73. The maximum atomic E-state index is 13.9. The average molecular weight is 402 g/mol. The lowest BCUT2D eigenvalue weighted by atomic mass is 10.0. The Kier molecular flexibility index (Phi) is 5.61. The number of aromatic nitrogens is 3. The summed E-state index contributed by atoms with van der Waals surface area (Å²) in [5.74, 6) is -0.693. The van der Waals surface area contributed by atoms with Gasteiger partial charge in [-0.2, -0.15) is 0 Å². The summed E-state index contributed by atoms with van der Waals surface area (Å²) < 4.78 is 19.4. The number of nitrogens with zero attached hydrogens (tertiary/aromatic N) is 3. The second-order valence-corrected chi connectivity index (χ2v) is 6.70. The van der Waals surface area contributed by atoms with Gasteiger partial charge in [0.25, 0.3) is 0 Å². The third-order valence-electron chi connectivity index (χ3n) is 4.73. The molecule has 0 aliphatic heterocycles. The molecular weight excluding hydrogens is 383 g/mol. The van der Waals surface area contributed by atoms with E-state index in [2.05, 4.69) is 27.4 Å². The quantitative estimate of drug-likeness (QED) is 0.506. The highest BCUT2D eigenvalue weighted by molar-refractivity contribution is 5.97. The van der Waals surface area contributed by atoms with E-state index in [1.54, 1.807) is 30.5 Å². The zero-order chi connectivity index (χ0) is 20.9. The molecule has 0 aliphatic carbocycles. The number of carbonyl (C=O) groups excluding carboxylic acids is 1. The largest absolute Gasteiger partial charge is 0.337 e. The number of hydrogen-bond donors (Lipinski definition) is 1. The molecule has 0 aliphatic rings. The van der Waals surface area contributed by atoms with Crippen molar-refractivity contribution in [3.8, 4) is 22.5 Å². The molecule has 0 saturated heterocycles. The van der Waals surface area contributed by atoms with E-state index in [4.69, 9.17) is 4.52 Å². The number of hydrogen-bond acceptors (Lipinski definition) is 5. The molecule has 0 radical (unpaired) electrons. The summed E-state index contributed by atoms with van der Waals surface area (Å²) in [6, 6.07) is 15.8. The van der Waals surface area contributed by atoms with Gasteiger partial charge in [-0.3, -0.25) is 10.1 Å². The van der Waals surface area contributed by atoms with Crippen molar-refractivity contribution in [2.24, 2.45) is 0 Å². The minimum absolute atomic E-state index is 0.128. The van der Waals surface area contributed by atoms with Gasteiger partial charge >= 0.3 is 0 Å². The van der Waals surface area contributed by atoms with Gasteiger partial charge in [-0.15, -0.1) is 0 Å². The predicted molar refractivity (Wildman–Crippen MR) is 111 cm³/mol. The topological polar surface area (TPSA) is 80.9 Å². The molecule has 4 aromatic rings. The van der Waals surface area contributed by atoms with Gasteiger partial charge in [0.15, 0.2) is 0 Å². The van der Waals surface area contributed by atoms with Crippen molar-refractivity contribution < 1.29 is 13.7 Å². The molecular formula is C23H19FN4O2. The van der Waals surface area contributed by atoms with Gasteiger partial charge in [-0.1, -0.05) is 54.5 Å². The molecule has 1 amide bonds. The number of carbonyl (C=O) groups is 1. The second kappa shape index (κ2) is 8.65. The number of aryl methyl sites for hydroxylation is 1. The predicted octanol–water partition coefficient (Wildman–Crippen LogP) is 4.68. The number of nitrogens with one attached hydrogen (secondary N) is 1. The normalized spacial score (nSPS) is 10.7. The fourth-order valence-electron chi connectivity index (χ4n) is 3.13. The van der Waals surface area contributed by atoms with Gasteiger partial charge < -0.3 is 4.52 Å². The van der Waals surface area contributed by atoms with Gasteiger partial charge in [0.2, 0.25) is 11.8 Å². The fourth-order valence-corrected chi connectivity index (χ4v) is 3.13.